The van der Waals surface area contributed by atoms with E-state index in [0.717, 1.165) is 0 Å². The van der Waals surface area contributed by atoms with E-state index in [-0.39, 0.29) is 11.7 Å². The van der Waals surface area contributed by atoms with Gasteiger partial charge in [0.2, 0.25) is 11.7 Å². The summed E-state index contributed by atoms with van der Waals surface area (Å²) in [6, 6.07) is 7.81. The molecule has 0 radical (unpaired) electrons. The third-order valence-corrected chi connectivity index (χ3v) is 3.13. The number of aromatic hydroxyl groups is 1. The molecule has 0 unspecified atom stereocenters. The number of hydrogen-bond acceptors (Lipinski definition) is 6. The Morgan fingerprint density at radius 2 is 2.17 bits per heavy atom. The normalized spacial score (nSPS) is 10.5. The number of amides is 1. The SMILES string of the molecule is CCc1nc(-c2cncc(NC(=O)c3cccc(O)c3)c2)no1. The van der Waals surface area contributed by atoms with Crippen LogP contribution in [0.3, 0.4) is 0 Å². The van der Waals surface area contributed by atoms with Gasteiger partial charge in [-0.25, -0.2) is 0 Å². The van der Waals surface area contributed by atoms with E-state index in [4.69, 9.17) is 4.52 Å². The zero-order valence-electron chi connectivity index (χ0n) is 12.4. The maximum Gasteiger partial charge on any atom is 0.255 e. The second-order valence-electron chi connectivity index (χ2n) is 4.83. The smallest absolute Gasteiger partial charge is 0.255 e. The Morgan fingerprint density at radius 1 is 1.30 bits per heavy atom. The predicted octanol–water partition coefficient (Wildman–Crippen LogP) is 2.65. The van der Waals surface area contributed by atoms with Crippen molar-refractivity contribution >= 4 is 11.6 Å². The maximum absolute atomic E-state index is 12.2. The van der Waals surface area contributed by atoms with Crippen molar-refractivity contribution in [3.05, 3.63) is 54.2 Å². The molecule has 3 rings (SSSR count). The lowest BCUT2D eigenvalue weighted by molar-refractivity contribution is 0.102. The molecule has 7 heteroatoms. The molecular formula is C16H14N4O3. The fourth-order valence-electron chi connectivity index (χ4n) is 2.00. The topological polar surface area (TPSA) is 101 Å². The summed E-state index contributed by atoms with van der Waals surface area (Å²) < 4.78 is 5.07. The van der Waals surface area contributed by atoms with Gasteiger partial charge in [0, 0.05) is 23.7 Å². The molecule has 116 valence electrons. The number of carbonyl (C=O) groups is 1. The van der Waals surface area contributed by atoms with E-state index in [1.165, 1.54) is 18.3 Å². The van der Waals surface area contributed by atoms with Gasteiger partial charge in [-0.2, -0.15) is 4.98 Å². The van der Waals surface area contributed by atoms with E-state index in [9.17, 15) is 9.90 Å². The van der Waals surface area contributed by atoms with Crippen LogP contribution < -0.4 is 5.32 Å². The Bertz CT molecular complexity index is 845. The largest absolute Gasteiger partial charge is 0.508 e. The maximum atomic E-state index is 12.2. The number of hydrogen-bond donors (Lipinski definition) is 2. The summed E-state index contributed by atoms with van der Waals surface area (Å²) >= 11 is 0. The van der Waals surface area contributed by atoms with Gasteiger partial charge in [-0.15, -0.1) is 0 Å². The third-order valence-electron chi connectivity index (χ3n) is 3.13. The first-order valence-corrected chi connectivity index (χ1v) is 7.04. The van der Waals surface area contributed by atoms with Crippen molar-refractivity contribution in [1.29, 1.82) is 0 Å². The number of nitrogens with zero attached hydrogens (tertiary/aromatic N) is 3. The minimum absolute atomic E-state index is 0.0309. The van der Waals surface area contributed by atoms with Crippen molar-refractivity contribution in [2.75, 3.05) is 5.32 Å². The first kappa shape index (κ1) is 14.7. The number of carbonyl (C=O) groups excluding carboxylic acids is 1. The van der Waals surface area contributed by atoms with Gasteiger partial charge >= 0.3 is 0 Å². The van der Waals surface area contributed by atoms with Crippen LogP contribution >= 0.6 is 0 Å². The van der Waals surface area contributed by atoms with E-state index in [2.05, 4.69) is 20.4 Å². The number of aromatic nitrogens is 3. The van der Waals surface area contributed by atoms with Gasteiger partial charge in [0.1, 0.15) is 5.75 Å². The molecule has 3 aromatic rings. The van der Waals surface area contributed by atoms with Crippen LogP contribution in [0.1, 0.15) is 23.2 Å². The summed E-state index contributed by atoms with van der Waals surface area (Å²) in [5.74, 6) is 0.641. The van der Waals surface area contributed by atoms with Crippen LogP contribution in [0, 0.1) is 0 Å². The molecule has 23 heavy (non-hydrogen) atoms. The van der Waals surface area contributed by atoms with Crippen molar-refractivity contribution in [1.82, 2.24) is 15.1 Å². The van der Waals surface area contributed by atoms with E-state index >= 15 is 0 Å². The van der Waals surface area contributed by atoms with Gasteiger partial charge in [-0.05, 0) is 24.3 Å². The average Bonchev–Trinajstić information content (AvgIpc) is 3.04. The quantitative estimate of drug-likeness (QED) is 0.768. The predicted molar refractivity (Wildman–Crippen MR) is 83.0 cm³/mol. The van der Waals surface area contributed by atoms with Gasteiger partial charge in [-0.1, -0.05) is 18.1 Å². The number of nitrogens with one attached hydrogen (secondary N) is 1. The zero-order valence-corrected chi connectivity index (χ0v) is 12.4. The van der Waals surface area contributed by atoms with Crippen molar-refractivity contribution in [3.63, 3.8) is 0 Å². The molecule has 1 aromatic carbocycles. The molecule has 0 aliphatic heterocycles. The van der Waals surface area contributed by atoms with Crippen LogP contribution in [-0.2, 0) is 6.42 Å². The second kappa shape index (κ2) is 6.27. The van der Waals surface area contributed by atoms with Crippen LogP contribution in [0.15, 0.2) is 47.2 Å². The molecule has 0 saturated heterocycles. The molecule has 2 heterocycles. The second-order valence-corrected chi connectivity index (χ2v) is 4.83. The molecule has 0 fully saturated rings. The number of benzene rings is 1. The Labute approximate surface area is 132 Å². The molecular weight excluding hydrogens is 296 g/mol. The minimum atomic E-state index is -0.345. The summed E-state index contributed by atoms with van der Waals surface area (Å²) in [6.45, 7) is 1.92. The van der Waals surface area contributed by atoms with E-state index < -0.39 is 0 Å². The molecule has 0 atom stereocenters. The highest BCUT2D eigenvalue weighted by atomic mass is 16.5. The molecule has 0 spiro atoms. The lowest BCUT2D eigenvalue weighted by Gasteiger charge is -2.06. The molecule has 0 saturated carbocycles. The number of pyridine rings is 1. The molecule has 1 amide bonds. The van der Waals surface area contributed by atoms with Crippen LogP contribution in [-0.4, -0.2) is 26.1 Å². The van der Waals surface area contributed by atoms with Crippen LogP contribution in [0.4, 0.5) is 5.69 Å². The molecule has 7 nitrogen and oxygen atoms in total. The number of aryl methyl sites for hydroxylation is 1. The van der Waals surface area contributed by atoms with Gasteiger partial charge in [0.15, 0.2) is 0 Å². The fourth-order valence-corrected chi connectivity index (χ4v) is 2.00. The molecule has 2 N–H and O–H groups in total. The monoisotopic (exact) mass is 310 g/mol. The highest BCUT2D eigenvalue weighted by Crippen LogP contribution is 2.20. The standard InChI is InChI=1S/C16H14N4O3/c1-2-14-19-15(20-23-14)11-6-12(9-17-8-11)18-16(22)10-4-3-5-13(21)7-10/h3-9,21H,2H2,1H3,(H,18,22). The van der Waals surface area contributed by atoms with E-state index in [0.29, 0.717) is 35.0 Å². The fraction of sp³-hybridized carbons (Fsp3) is 0.125. The Hall–Kier alpha value is -3.22. The Morgan fingerprint density at radius 3 is 2.91 bits per heavy atom. The number of phenolic OH excluding ortho intramolecular Hbond substituents is 1. The number of phenols is 1. The molecule has 0 aliphatic rings. The molecule has 0 aliphatic carbocycles. The summed E-state index contributed by atoms with van der Waals surface area (Å²) in [5.41, 5.74) is 1.49. The summed E-state index contributed by atoms with van der Waals surface area (Å²) in [5, 5.41) is 16.0. The highest BCUT2D eigenvalue weighted by molar-refractivity contribution is 6.04. The van der Waals surface area contributed by atoms with E-state index in [1.54, 1.807) is 24.4 Å². The third kappa shape index (κ3) is 3.34. The summed E-state index contributed by atoms with van der Waals surface area (Å²) in [4.78, 5) is 20.5. The van der Waals surface area contributed by atoms with Crippen LogP contribution in [0.2, 0.25) is 0 Å². The molecule has 0 bridgehead atoms. The lowest BCUT2D eigenvalue weighted by Crippen LogP contribution is -2.11. The lowest BCUT2D eigenvalue weighted by atomic mass is 10.2. The van der Waals surface area contributed by atoms with Gasteiger partial charge in [0.05, 0.1) is 11.9 Å². The van der Waals surface area contributed by atoms with Gasteiger partial charge < -0.3 is 14.9 Å². The number of rotatable bonds is 4. The highest BCUT2D eigenvalue weighted by Gasteiger charge is 2.11. The summed E-state index contributed by atoms with van der Waals surface area (Å²) in [7, 11) is 0. The first-order valence-electron chi connectivity index (χ1n) is 7.04. The van der Waals surface area contributed by atoms with Crippen molar-refractivity contribution in [2.24, 2.45) is 0 Å². The van der Waals surface area contributed by atoms with E-state index in [1.807, 2.05) is 6.92 Å². The van der Waals surface area contributed by atoms with Crippen molar-refractivity contribution < 1.29 is 14.4 Å². The van der Waals surface area contributed by atoms with Crippen molar-refractivity contribution in [3.8, 4) is 17.1 Å². The summed E-state index contributed by atoms with van der Waals surface area (Å²) in [6.07, 6.45) is 3.76. The van der Waals surface area contributed by atoms with Crippen LogP contribution in [0.5, 0.6) is 5.75 Å². The van der Waals surface area contributed by atoms with Gasteiger partial charge in [0.25, 0.3) is 5.91 Å². The first-order chi connectivity index (χ1) is 11.2. The van der Waals surface area contributed by atoms with Gasteiger partial charge in [-0.3, -0.25) is 9.78 Å². The van der Waals surface area contributed by atoms with Crippen LogP contribution in [0.25, 0.3) is 11.4 Å². The molecule has 2 aromatic heterocycles. The Kier molecular flexibility index (Phi) is 4.01. The zero-order chi connectivity index (χ0) is 16.2. The average molecular weight is 310 g/mol. The minimum Gasteiger partial charge on any atom is -0.508 e. The Balaban J connectivity index is 1.81. The van der Waals surface area contributed by atoms with Crippen molar-refractivity contribution in [2.45, 2.75) is 13.3 Å². The number of anilines is 1.